The lowest BCUT2D eigenvalue weighted by molar-refractivity contribution is -0.273. The van der Waals surface area contributed by atoms with Crippen LogP contribution in [-0.2, 0) is 25.7 Å². The third-order valence-corrected chi connectivity index (χ3v) is 8.44. The Hall–Kier alpha value is -4.23. The molecule has 6 rings (SSSR count). The minimum atomic E-state index is -1.38. The highest BCUT2D eigenvalue weighted by atomic mass is 16.7. The average molecular weight is 600 g/mol. The van der Waals surface area contributed by atoms with Gasteiger partial charge in [0.05, 0.1) is 19.3 Å². The first-order valence-corrected chi connectivity index (χ1v) is 14.3. The topological polar surface area (TPSA) is 149 Å². The average Bonchev–Trinajstić information content (AvgIpc) is 3.37. The minimum absolute atomic E-state index is 0.122. The lowest BCUT2D eigenvalue weighted by atomic mass is 9.96. The zero-order valence-electron chi connectivity index (χ0n) is 24.2. The van der Waals surface area contributed by atoms with E-state index >= 15 is 0 Å². The van der Waals surface area contributed by atoms with Crippen molar-refractivity contribution in [3.8, 4) is 11.1 Å². The van der Waals surface area contributed by atoms with Crippen LogP contribution in [0.1, 0.15) is 11.1 Å². The fourth-order valence-electron chi connectivity index (χ4n) is 6.08. The van der Waals surface area contributed by atoms with Crippen LogP contribution in [0.5, 0.6) is 0 Å². The molecule has 4 N–H and O–H groups in total. The summed E-state index contributed by atoms with van der Waals surface area (Å²) in [6.07, 6.45) is -4.80. The molecule has 228 valence electrons. The molecule has 3 aromatic rings. The van der Waals surface area contributed by atoms with Crippen molar-refractivity contribution in [2.75, 3.05) is 27.2 Å². The number of nitrogens with zero attached hydrogens (tertiary/aromatic N) is 2. The van der Waals surface area contributed by atoms with E-state index in [2.05, 4.69) is 5.32 Å². The second kappa shape index (κ2) is 12.0. The highest BCUT2D eigenvalue weighted by Gasteiger charge is 2.45. The van der Waals surface area contributed by atoms with Crippen molar-refractivity contribution < 1.29 is 39.2 Å². The molecule has 0 aromatic heterocycles. The summed E-state index contributed by atoms with van der Waals surface area (Å²) in [6, 6.07) is 20.8. The van der Waals surface area contributed by atoms with Gasteiger partial charge in [0.25, 0.3) is 11.8 Å². The minimum Gasteiger partial charge on any atom is -0.394 e. The van der Waals surface area contributed by atoms with Gasteiger partial charge in [-0.15, -0.1) is 0 Å². The molecular weight excluding hydrogens is 566 g/mol. The molecule has 0 saturated carbocycles. The molecule has 4 amide bonds. The second-order valence-electron chi connectivity index (χ2n) is 11.0. The third-order valence-electron chi connectivity index (χ3n) is 8.44. The first-order chi connectivity index (χ1) is 21.2. The monoisotopic (exact) mass is 599 g/mol. The van der Waals surface area contributed by atoms with Gasteiger partial charge in [0.1, 0.15) is 23.9 Å². The van der Waals surface area contributed by atoms with Crippen LogP contribution in [0.4, 0.5) is 4.79 Å². The number of carbonyl (C=O) groups excluding carboxylic acids is 3. The fraction of sp³-hybridized carbons (Fsp3) is 0.303. The molecule has 2 heterocycles. The molecule has 11 nitrogen and oxygen atoms in total. The summed E-state index contributed by atoms with van der Waals surface area (Å²) < 4.78 is 12.0. The Balaban J connectivity index is 1.43. The predicted molar refractivity (Wildman–Crippen MR) is 159 cm³/mol. The van der Waals surface area contributed by atoms with Gasteiger partial charge in [-0.25, -0.2) is 4.79 Å². The number of urea groups is 1. The first-order valence-electron chi connectivity index (χ1n) is 14.3. The lowest BCUT2D eigenvalue weighted by Crippen LogP contribution is -2.64. The Labute approximate surface area is 253 Å². The number of aliphatic hydroxyl groups is 3. The molecular formula is C33H33N3O8. The second-order valence-corrected chi connectivity index (χ2v) is 11.0. The molecule has 3 aliphatic rings. The number of nitrogens with one attached hydrogen (secondary N) is 1. The number of rotatable bonds is 7. The highest BCUT2D eigenvalue weighted by Crippen LogP contribution is 2.31. The zero-order chi connectivity index (χ0) is 31.1. The molecule has 0 unspecified atom stereocenters. The van der Waals surface area contributed by atoms with Crippen molar-refractivity contribution in [1.29, 1.82) is 0 Å². The van der Waals surface area contributed by atoms with Crippen molar-refractivity contribution in [2.24, 2.45) is 0 Å². The summed E-state index contributed by atoms with van der Waals surface area (Å²) in [5.74, 6) is -1.39. The summed E-state index contributed by atoms with van der Waals surface area (Å²) in [5.41, 5.74) is 4.06. The summed E-state index contributed by atoms with van der Waals surface area (Å²) in [4.78, 5) is 40.9. The first kappa shape index (κ1) is 29.8. The van der Waals surface area contributed by atoms with Gasteiger partial charge in [-0.1, -0.05) is 72.8 Å². The van der Waals surface area contributed by atoms with Crippen molar-refractivity contribution in [3.63, 3.8) is 0 Å². The van der Waals surface area contributed by atoms with Crippen LogP contribution in [0.3, 0.4) is 0 Å². The van der Waals surface area contributed by atoms with Crippen molar-refractivity contribution in [3.05, 3.63) is 94.4 Å². The molecule has 2 fully saturated rings. The quantitative estimate of drug-likeness (QED) is 0.287. The van der Waals surface area contributed by atoms with Crippen molar-refractivity contribution in [2.45, 2.75) is 37.3 Å². The largest absolute Gasteiger partial charge is 0.394 e. The van der Waals surface area contributed by atoms with Crippen LogP contribution in [-0.4, -0.2) is 101 Å². The van der Waals surface area contributed by atoms with Gasteiger partial charge in [0.2, 0.25) is 0 Å². The molecule has 11 heteroatoms. The smallest absolute Gasteiger partial charge is 0.333 e. The predicted octanol–water partition coefficient (Wildman–Crippen LogP) is -0.319. The van der Waals surface area contributed by atoms with E-state index in [1.807, 2.05) is 60.7 Å². The van der Waals surface area contributed by atoms with Crippen LogP contribution in [0.2, 0.25) is 0 Å². The third kappa shape index (κ3) is 5.03. The van der Waals surface area contributed by atoms with Crippen LogP contribution >= 0.6 is 0 Å². The Kier molecular flexibility index (Phi) is 8.16. The molecule has 2 aliphatic heterocycles. The van der Waals surface area contributed by atoms with Crippen LogP contribution < -0.4 is 15.8 Å². The summed E-state index contributed by atoms with van der Waals surface area (Å²) in [6.45, 7) is -0.211. The molecule has 44 heavy (non-hydrogen) atoms. The maximum absolute atomic E-state index is 13.3. The van der Waals surface area contributed by atoms with Crippen molar-refractivity contribution in [1.82, 2.24) is 15.1 Å². The van der Waals surface area contributed by atoms with Crippen LogP contribution in [0.25, 0.3) is 22.3 Å². The number of carbonyl (C=O) groups is 3. The maximum Gasteiger partial charge on any atom is 0.333 e. The van der Waals surface area contributed by atoms with E-state index in [9.17, 15) is 29.7 Å². The molecule has 3 aromatic carbocycles. The number of fused-ring (bicyclic) bond motifs is 3. The number of imide groups is 2. The molecule has 5 atom stereocenters. The van der Waals surface area contributed by atoms with Gasteiger partial charge in [-0.2, -0.15) is 0 Å². The number of hydrogen-bond donors (Lipinski definition) is 4. The number of hydrogen-bond acceptors (Lipinski definition) is 9. The van der Waals surface area contributed by atoms with Crippen molar-refractivity contribution >= 4 is 29.0 Å². The Morgan fingerprint density at radius 2 is 1.45 bits per heavy atom. The fourth-order valence-corrected chi connectivity index (χ4v) is 6.08. The number of amides is 4. The van der Waals surface area contributed by atoms with Gasteiger partial charge >= 0.3 is 6.03 Å². The number of ether oxygens (including phenoxy) is 2. The van der Waals surface area contributed by atoms with Gasteiger partial charge in [0.15, 0.2) is 6.29 Å². The zero-order valence-corrected chi connectivity index (χ0v) is 24.2. The maximum atomic E-state index is 13.3. The SMILES string of the molecule is CN1C(=O)C(=c2cccc3c2=C(CN[C@H]2[C@@H](OCc4ccccc4)O[C@H](CO)[C@@H](O)[C@@H]2O)c2ccccc2-3)C(=O)N(C)C1=O. The number of barbiturate groups is 1. The molecule has 1 aliphatic carbocycles. The van der Waals surface area contributed by atoms with E-state index in [1.165, 1.54) is 14.1 Å². The van der Waals surface area contributed by atoms with E-state index in [0.717, 1.165) is 37.6 Å². The number of aliphatic hydroxyl groups excluding tert-OH is 3. The molecule has 0 bridgehead atoms. The van der Waals surface area contributed by atoms with Crippen LogP contribution in [0.15, 0.2) is 72.8 Å². The van der Waals surface area contributed by atoms with Crippen LogP contribution in [0, 0.1) is 0 Å². The van der Waals surface area contributed by atoms with Gasteiger partial charge < -0.3 is 30.1 Å². The highest BCUT2D eigenvalue weighted by molar-refractivity contribution is 6.45. The van der Waals surface area contributed by atoms with E-state index in [-0.39, 0.29) is 18.7 Å². The van der Waals surface area contributed by atoms with Gasteiger partial charge in [-0.05, 0) is 33.0 Å². The Bertz CT molecular complexity index is 1720. The molecule has 0 spiro atoms. The van der Waals surface area contributed by atoms with E-state index in [0.29, 0.717) is 10.4 Å². The standard InChI is InChI=1S/C33H33N3O8/c1-35-30(40)26(31(41)36(2)33(35)42)22-14-8-13-21-19-11-6-7-12-20(19)23(25(21)22)15-34-27-29(39)28(38)24(16-37)44-32(27)43-17-18-9-4-3-5-10-18/h3-14,24,27-29,32,34,37-39H,15-17H2,1-2H3/t24-,27-,28-,29-,32+/m1/s1. The van der Waals surface area contributed by atoms with E-state index in [1.54, 1.807) is 12.1 Å². The molecule has 2 saturated heterocycles. The van der Waals surface area contributed by atoms with E-state index < -0.39 is 55.1 Å². The normalized spacial score (nSPS) is 25.0. The summed E-state index contributed by atoms with van der Waals surface area (Å²) in [5, 5.41) is 36.0. The van der Waals surface area contributed by atoms with Gasteiger partial charge in [0, 0.05) is 25.9 Å². The Morgan fingerprint density at radius 3 is 2.14 bits per heavy atom. The number of benzene rings is 3. The molecule has 0 radical (unpaired) electrons. The summed E-state index contributed by atoms with van der Waals surface area (Å²) >= 11 is 0. The van der Waals surface area contributed by atoms with Gasteiger partial charge in [-0.3, -0.25) is 19.4 Å². The van der Waals surface area contributed by atoms with E-state index in [4.69, 9.17) is 9.47 Å². The lowest BCUT2D eigenvalue weighted by Gasteiger charge is -2.42. The summed E-state index contributed by atoms with van der Waals surface area (Å²) in [7, 11) is 2.67. The Morgan fingerprint density at radius 1 is 0.818 bits per heavy atom.